The highest BCUT2D eigenvalue weighted by molar-refractivity contribution is 7.18. The molecule has 1 N–H and O–H groups in total. The van der Waals surface area contributed by atoms with E-state index >= 15 is 0 Å². The summed E-state index contributed by atoms with van der Waals surface area (Å²) in [4.78, 5) is 41.0. The number of unbranched alkanes of at least 4 members (excludes halogenated alkanes) is 3. The van der Waals surface area contributed by atoms with Crippen LogP contribution in [0.4, 0.5) is 5.69 Å². The van der Waals surface area contributed by atoms with Crippen LogP contribution < -0.4 is 25.1 Å². The molecule has 2 aliphatic rings. The minimum atomic E-state index is -0.567. The number of rotatable bonds is 13. The van der Waals surface area contributed by atoms with Gasteiger partial charge in [-0.2, -0.15) is 4.57 Å². The molecule has 47 heavy (non-hydrogen) atoms. The van der Waals surface area contributed by atoms with E-state index in [1.165, 1.54) is 0 Å². The number of carbonyl (C=O) groups excluding carboxylic acids is 1. The van der Waals surface area contributed by atoms with E-state index in [9.17, 15) is 19.5 Å². The fraction of sp³-hybridized carbons (Fsp3) is 0.385. The number of aryl methyl sites for hydroxylation is 1. The summed E-state index contributed by atoms with van der Waals surface area (Å²) in [6.07, 6.45) is 9.42. The maximum absolute atomic E-state index is 13.7. The number of hydrogen-bond acceptors (Lipinski definition) is 7. The van der Waals surface area contributed by atoms with Gasteiger partial charge in [0.15, 0.2) is 12.3 Å². The van der Waals surface area contributed by atoms with Crippen molar-refractivity contribution in [3.05, 3.63) is 102 Å². The van der Waals surface area contributed by atoms with E-state index in [2.05, 4.69) is 49.3 Å². The van der Waals surface area contributed by atoms with E-state index in [4.69, 9.17) is 4.74 Å². The Morgan fingerprint density at radius 2 is 1.68 bits per heavy atom. The van der Waals surface area contributed by atoms with Crippen molar-refractivity contribution >= 4 is 39.1 Å². The Bertz CT molecular complexity index is 2040. The Labute approximate surface area is 279 Å². The van der Waals surface area contributed by atoms with Crippen molar-refractivity contribution in [3.63, 3.8) is 0 Å². The quantitative estimate of drug-likeness (QED) is 0.0691. The van der Waals surface area contributed by atoms with Gasteiger partial charge in [-0.25, -0.2) is 0 Å². The van der Waals surface area contributed by atoms with Gasteiger partial charge in [-0.3, -0.25) is 14.4 Å². The second kappa shape index (κ2) is 13.1. The van der Waals surface area contributed by atoms with Crippen molar-refractivity contribution in [2.45, 2.75) is 85.1 Å². The monoisotopic (exact) mass is 651 g/mol. The third kappa shape index (κ3) is 5.56. The first-order chi connectivity index (χ1) is 22.6. The lowest BCUT2D eigenvalue weighted by Gasteiger charge is -2.29. The minimum Gasteiger partial charge on any atom is -0.506 e. The van der Waals surface area contributed by atoms with Gasteiger partial charge in [0.2, 0.25) is 16.7 Å². The highest BCUT2D eigenvalue weighted by Gasteiger charge is 2.43. The average molecular weight is 652 g/mol. The van der Waals surface area contributed by atoms with Crippen LogP contribution in [0, 0.1) is 0 Å². The molecule has 244 valence electrons. The standard InChI is InChI=1S/C39H42N2O5S/c1-6-9-18-40-28-17-16-24(33-36(44)37(45)38(33)46-20-11-8-3)21-27(28)39(4,5)31(40)22-25-34(42)26(35(25)43)23-32-41(19-10-7-2)29-14-12-13-15-30(29)47-32/h12-17,21-23H,6-11,18-20H2,1-5H3/p+1. The molecule has 1 aliphatic heterocycles. The van der Waals surface area contributed by atoms with Gasteiger partial charge in [0.25, 0.3) is 10.4 Å². The number of ketones is 1. The molecule has 7 nitrogen and oxygen atoms in total. The molecule has 0 spiro atoms. The lowest BCUT2D eigenvalue weighted by molar-refractivity contribution is -0.669. The number of Topliss-reactive ketones (excluding diaryl/α,β-unsaturated/α-hetero) is 1. The van der Waals surface area contributed by atoms with E-state index in [1.54, 1.807) is 11.3 Å². The summed E-state index contributed by atoms with van der Waals surface area (Å²) in [6.45, 7) is 12.5. The number of aliphatic hydroxyl groups excluding tert-OH is 1. The van der Waals surface area contributed by atoms with Crippen LogP contribution in [0.15, 0.2) is 80.7 Å². The number of anilines is 1. The second-order valence-corrected chi connectivity index (χ2v) is 14.1. The number of carbonyl (C=O) groups is 1. The summed E-state index contributed by atoms with van der Waals surface area (Å²) in [5.41, 5.74) is 4.06. The zero-order valence-corrected chi connectivity index (χ0v) is 28.8. The van der Waals surface area contributed by atoms with E-state index in [0.29, 0.717) is 28.9 Å². The number of allylic oxidation sites excluding steroid dienone is 4. The van der Waals surface area contributed by atoms with Crippen LogP contribution in [0.1, 0.15) is 83.7 Å². The molecule has 0 fully saturated rings. The number of nitrogens with zero attached hydrogens (tertiary/aromatic N) is 2. The molecule has 2 heterocycles. The molecule has 0 amide bonds. The van der Waals surface area contributed by atoms with Crippen molar-refractivity contribution in [2.24, 2.45) is 0 Å². The van der Waals surface area contributed by atoms with Crippen LogP contribution in [0.3, 0.4) is 0 Å². The van der Waals surface area contributed by atoms with E-state index in [1.807, 2.05) is 49.4 Å². The molecule has 1 aromatic heterocycles. The van der Waals surface area contributed by atoms with E-state index < -0.39 is 16.3 Å². The van der Waals surface area contributed by atoms with Gasteiger partial charge in [-0.05, 0) is 48.2 Å². The third-order valence-electron chi connectivity index (χ3n) is 9.45. The number of fused-ring (bicyclic) bond motifs is 2. The number of ether oxygens (including phenoxy) is 1. The van der Waals surface area contributed by atoms with E-state index in [0.717, 1.165) is 83.8 Å². The van der Waals surface area contributed by atoms with Crippen LogP contribution >= 0.6 is 11.3 Å². The summed E-state index contributed by atoms with van der Waals surface area (Å²) in [6, 6.07) is 14.1. The van der Waals surface area contributed by atoms with Crippen molar-refractivity contribution in [1.29, 1.82) is 0 Å². The van der Waals surface area contributed by atoms with E-state index in [-0.39, 0.29) is 17.3 Å². The van der Waals surface area contributed by atoms with Crippen LogP contribution in [-0.2, 0) is 16.8 Å². The number of para-hydroxylation sites is 1. The Morgan fingerprint density at radius 1 is 0.936 bits per heavy atom. The predicted molar refractivity (Wildman–Crippen MR) is 190 cm³/mol. The topological polar surface area (TPSA) is 87.8 Å². The Hall–Kier alpha value is -4.30. The summed E-state index contributed by atoms with van der Waals surface area (Å²) in [7, 11) is 0. The molecular weight excluding hydrogens is 609 g/mol. The van der Waals surface area contributed by atoms with Crippen molar-refractivity contribution in [3.8, 4) is 16.9 Å². The molecular formula is C39H43N2O5S+. The van der Waals surface area contributed by atoms with Gasteiger partial charge in [0.1, 0.15) is 10.5 Å². The van der Waals surface area contributed by atoms with Crippen LogP contribution in [0.2, 0.25) is 0 Å². The third-order valence-corrected chi connectivity index (χ3v) is 10.6. The molecule has 0 atom stereocenters. The average Bonchev–Trinajstić information content (AvgIpc) is 3.53. The first-order valence-electron chi connectivity index (χ1n) is 16.9. The fourth-order valence-electron chi connectivity index (χ4n) is 6.62. The van der Waals surface area contributed by atoms with Gasteiger partial charge >= 0.3 is 0 Å². The zero-order chi connectivity index (χ0) is 33.5. The molecule has 0 radical (unpaired) electrons. The van der Waals surface area contributed by atoms with Crippen molar-refractivity contribution in [2.75, 3.05) is 18.1 Å². The Kier molecular flexibility index (Phi) is 9.07. The van der Waals surface area contributed by atoms with Gasteiger partial charge in [-0.15, -0.1) is 0 Å². The molecule has 0 saturated heterocycles. The number of benzene rings is 2. The highest BCUT2D eigenvalue weighted by Crippen LogP contribution is 2.50. The molecule has 6 rings (SSSR count). The van der Waals surface area contributed by atoms with Crippen LogP contribution in [0.5, 0.6) is 5.75 Å². The molecule has 0 unspecified atom stereocenters. The minimum absolute atomic E-state index is 0.0162. The zero-order valence-electron chi connectivity index (χ0n) is 27.9. The number of aromatic nitrogens is 1. The smallest absolute Gasteiger partial charge is 0.268 e. The molecule has 8 heteroatoms. The number of thiazole rings is 1. The maximum atomic E-state index is 13.7. The van der Waals surface area contributed by atoms with Crippen LogP contribution in [0.25, 0.3) is 27.4 Å². The first-order valence-corrected chi connectivity index (χ1v) is 17.7. The molecule has 0 bridgehead atoms. The molecule has 3 aromatic carbocycles. The second-order valence-electron chi connectivity index (χ2n) is 13.0. The van der Waals surface area contributed by atoms with Gasteiger partial charge < -0.3 is 14.7 Å². The number of aliphatic hydroxyl groups is 1. The van der Waals surface area contributed by atoms with Gasteiger partial charge in [0.05, 0.1) is 23.3 Å². The molecule has 1 aliphatic carbocycles. The Morgan fingerprint density at radius 3 is 2.40 bits per heavy atom. The first kappa shape index (κ1) is 32.6. The highest BCUT2D eigenvalue weighted by atomic mass is 32.1. The largest absolute Gasteiger partial charge is 0.506 e. The summed E-state index contributed by atoms with van der Waals surface area (Å²) < 4.78 is 9.13. The van der Waals surface area contributed by atoms with Crippen molar-refractivity contribution in [1.82, 2.24) is 0 Å². The Balaban J connectivity index is 1.38. The lowest BCUT2D eigenvalue weighted by Crippen LogP contribution is -2.35. The summed E-state index contributed by atoms with van der Waals surface area (Å²) in [5, 5.41) is 12.3. The number of hydrogen-bond donors (Lipinski definition) is 1. The summed E-state index contributed by atoms with van der Waals surface area (Å²) >= 11 is 1.63. The normalized spacial score (nSPS) is 17.4. The van der Waals surface area contributed by atoms with Gasteiger partial charge in [-0.1, -0.05) is 83.4 Å². The fourth-order valence-corrected chi connectivity index (χ4v) is 7.75. The van der Waals surface area contributed by atoms with Crippen molar-refractivity contribution < 1.29 is 19.2 Å². The lowest BCUT2D eigenvalue weighted by atomic mass is 9.79. The predicted octanol–water partition coefficient (Wildman–Crippen LogP) is 7.69. The van der Waals surface area contributed by atoms with Gasteiger partial charge in [0, 0.05) is 41.9 Å². The maximum Gasteiger partial charge on any atom is 0.268 e. The summed E-state index contributed by atoms with van der Waals surface area (Å²) in [5.74, 6) is -0.000563. The van der Waals surface area contributed by atoms with Crippen LogP contribution in [-0.4, -0.2) is 24.0 Å². The molecule has 0 saturated carbocycles. The SMILES string of the molecule is CCCCOc1c(-c2ccc3c(c2)C(C)(C)/C(=C/C2=C(O)C(=C/c4sc5ccccc5[n+]4CCCC)/C2=O)N3CCCC)c(=O)c1=O. The molecule has 4 aromatic rings.